The van der Waals surface area contributed by atoms with Crippen LogP contribution >= 0.6 is 0 Å². The number of hydrogen-bond acceptors (Lipinski definition) is 3. The van der Waals surface area contributed by atoms with E-state index in [1.165, 1.54) is 0 Å². The Morgan fingerprint density at radius 1 is 1.37 bits per heavy atom. The molecule has 1 aliphatic heterocycles. The average Bonchev–Trinajstić information content (AvgIpc) is 2.40. The lowest BCUT2D eigenvalue weighted by atomic mass is 9.98. The van der Waals surface area contributed by atoms with Crippen LogP contribution in [0.15, 0.2) is 30.3 Å². The smallest absolute Gasteiger partial charge is 0.312 e. The molecule has 0 aromatic heterocycles. The van der Waals surface area contributed by atoms with Gasteiger partial charge in [0.15, 0.2) is 0 Å². The van der Waals surface area contributed by atoms with E-state index in [0.29, 0.717) is 12.6 Å². The Balaban J connectivity index is 2.04. The highest BCUT2D eigenvalue weighted by Gasteiger charge is 2.27. The predicted octanol–water partition coefficient (Wildman–Crippen LogP) is 1.49. The molecule has 0 amide bonds. The summed E-state index contributed by atoms with van der Waals surface area (Å²) >= 11 is 0. The first-order valence-electron chi connectivity index (χ1n) is 6.78. The van der Waals surface area contributed by atoms with E-state index < -0.39 is 11.9 Å². The van der Waals surface area contributed by atoms with E-state index in [-0.39, 0.29) is 0 Å². The molecule has 1 aromatic rings. The van der Waals surface area contributed by atoms with E-state index in [2.05, 4.69) is 23.8 Å². The van der Waals surface area contributed by atoms with Gasteiger partial charge in [0.05, 0.1) is 5.92 Å². The second-order valence-electron chi connectivity index (χ2n) is 5.39. The van der Waals surface area contributed by atoms with Crippen molar-refractivity contribution in [2.24, 2.45) is 0 Å². The molecule has 0 radical (unpaired) electrons. The second-order valence-corrected chi connectivity index (χ2v) is 5.39. The molecule has 4 nitrogen and oxygen atoms in total. The zero-order chi connectivity index (χ0) is 13.8. The molecular weight excluding hydrogens is 240 g/mol. The minimum atomic E-state index is -0.738. The first kappa shape index (κ1) is 14.0. The van der Waals surface area contributed by atoms with Crippen molar-refractivity contribution in [3.05, 3.63) is 35.9 Å². The Morgan fingerprint density at radius 3 is 2.63 bits per heavy atom. The molecule has 0 bridgehead atoms. The molecule has 104 valence electrons. The SMILES string of the molecule is CC1CN(CC(C(=O)O)c2ccccc2)CCN1C. The predicted molar refractivity (Wildman–Crippen MR) is 75.4 cm³/mol. The van der Waals surface area contributed by atoms with Gasteiger partial charge in [-0.15, -0.1) is 0 Å². The summed E-state index contributed by atoms with van der Waals surface area (Å²) in [6, 6.07) is 10.0. The molecule has 1 N–H and O–H groups in total. The average molecular weight is 262 g/mol. The maximum absolute atomic E-state index is 11.5. The van der Waals surface area contributed by atoms with E-state index in [1.54, 1.807) is 0 Å². The van der Waals surface area contributed by atoms with Gasteiger partial charge >= 0.3 is 5.97 Å². The van der Waals surface area contributed by atoms with Gasteiger partial charge in [0.25, 0.3) is 0 Å². The monoisotopic (exact) mass is 262 g/mol. The summed E-state index contributed by atoms with van der Waals surface area (Å²) in [5, 5.41) is 9.44. The van der Waals surface area contributed by atoms with Gasteiger partial charge in [-0.25, -0.2) is 0 Å². The molecule has 0 spiro atoms. The van der Waals surface area contributed by atoms with Gasteiger partial charge in [-0.1, -0.05) is 30.3 Å². The normalized spacial score (nSPS) is 23.2. The number of likely N-dealkylation sites (N-methyl/N-ethyl adjacent to an activating group) is 1. The summed E-state index contributed by atoms with van der Waals surface area (Å²) in [4.78, 5) is 16.1. The zero-order valence-corrected chi connectivity index (χ0v) is 11.6. The fourth-order valence-electron chi connectivity index (χ4n) is 2.56. The number of carboxylic acid groups (broad SMARTS) is 1. The topological polar surface area (TPSA) is 43.8 Å². The van der Waals surface area contributed by atoms with Crippen LogP contribution in [0.4, 0.5) is 0 Å². The molecule has 1 heterocycles. The van der Waals surface area contributed by atoms with Crippen LogP contribution < -0.4 is 0 Å². The second kappa shape index (κ2) is 6.17. The highest BCUT2D eigenvalue weighted by molar-refractivity contribution is 5.76. The highest BCUT2D eigenvalue weighted by atomic mass is 16.4. The van der Waals surface area contributed by atoms with Crippen LogP contribution in [0.25, 0.3) is 0 Å². The van der Waals surface area contributed by atoms with Gasteiger partial charge in [0.1, 0.15) is 0 Å². The summed E-state index contributed by atoms with van der Waals surface area (Å²) in [5.74, 6) is -1.17. The maximum Gasteiger partial charge on any atom is 0.312 e. The number of rotatable bonds is 4. The van der Waals surface area contributed by atoms with E-state index in [4.69, 9.17) is 0 Å². The third-order valence-electron chi connectivity index (χ3n) is 3.98. The van der Waals surface area contributed by atoms with E-state index in [1.807, 2.05) is 30.3 Å². The van der Waals surface area contributed by atoms with Crippen LogP contribution in [0, 0.1) is 0 Å². The number of piperazine rings is 1. The van der Waals surface area contributed by atoms with E-state index in [9.17, 15) is 9.90 Å². The van der Waals surface area contributed by atoms with Crippen molar-refractivity contribution in [1.82, 2.24) is 9.80 Å². The molecule has 2 atom stereocenters. The summed E-state index contributed by atoms with van der Waals surface area (Å²) in [6.07, 6.45) is 0. The van der Waals surface area contributed by atoms with Gasteiger partial charge in [-0.2, -0.15) is 0 Å². The Bertz CT molecular complexity index is 421. The minimum Gasteiger partial charge on any atom is -0.481 e. The lowest BCUT2D eigenvalue weighted by Crippen LogP contribution is -2.51. The first-order valence-corrected chi connectivity index (χ1v) is 6.78. The van der Waals surface area contributed by atoms with E-state index in [0.717, 1.165) is 25.2 Å². The van der Waals surface area contributed by atoms with Crippen molar-refractivity contribution in [3.8, 4) is 0 Å². The molecular formula is C15H22N2O2. The highest BCUT2D eigenvalue weighted by Crippen LogP contribution is 2.19. The molecule has 4 heteroatoms. The third kappa shape index (κ3) is 3.55. The summed E-state index contributed by atoms with van der Waals surface area (Å²) in [7, 11) is 2.12. The molecule has 19 heavy (non-hydrogen) atoms. The fourth-order valence-corrected chi connectivity index (χ4v) is 2.56. The Kier molecular flexibility index (Phi) is 4.56. The molecule has 0 saturated carbocycles. The van der Waals surface area contributed by atoms with Crippen LogP contribution in [0.2, 0.25) is 0 Å². The molecule has 1 aromatic carbocycles. The number of aliphatic carboxylic acids is 1. The number of benzene rings is 1. The fraction of sp³-hybridized carbons (Fsp3) is 0.533. The Hall–Kier alpha value is -1.39. The number of nitrogens with zero attached hydrogens (tertiary/aromatic N) is 2. The quantitative estimate of drug-likeness (QED) is 0.893. The third-order valence-corrected chi connectivity index (χ3v) is 3.98. The molecule has 1 fully saturated rings. The van der Waals surface area contributed by atoms with Gasteiger partial charge in [-0.3, -0.25) is 9.69 Å². The van der Waals surface area contributed by atoms with Crippen molar-refractivity contribution >= 4 is 5.97 Å². The molecule has 1 saturated heterocycles. The Labute approximate surface area is 114 Å². The van der Waals surface area contributed by atoms with Crippen molar-refractivity contribution in [2.75, 3.05) is 33.2 Å². The van der Waals surface area contributed by atoms with Crippen molar-refractivity contribution in [2.45, 2.75) is 18.9 Å². The van der Waals surface area contributed by atoms with Gasteiger partial charge in [0.2, 0.25) is 0 Å². The lowest BCUT2D eigenvalue weighted by molar-refractivity contribution is -0.139. The van der Waals surface area contributed by atoms with E-state index >= 15 is 0 Å². The molecule has 1 aliphatic rings. The first-order chi connectivity index (χ1) is 9.08. The molecule has 2 rings (SSSR count). The number of carboxylic acids is 1. The minimum absolute atomic E-state index is 0.434. The van der Waals surface area contributed by atoms with Crippen LogP contribution in [-0.2, 0) is 4.79 Å². The summed E-state index contributed by atoms with van der Waals surface area (Å²) in [6.45, 7) is 5.66. The van der Waals surface area contributed by atoms with Crippen LogP contribution in [-0.4, -0.2) is 60.1 Å². The van der Waals surface area contributed by atoms with Crippen molar-refractivity contribution in [1.29, 1.82) is 0 Å². The lowest BCUT2D eigenvalue weighted by Gasteiger charge is -2.38. The van der Waals surface area contributed by atoms with Crippen molar-refractivity contribution < 1.29 is 9.90 Å². The Morgan fingerprint density at radius 2 is 2.05 bits per heavy atom. The van der Waals surface area contributed by atoms with Gasteiger partial charge in [-0.05, 0) is 19.5 Å². The largest absolute Gasteiger partial charge is 0.481 e. The zero-order valence-electron chi connectivity index (χ0n) is 11.6. The van der Waals surface area contributed by atoms with Crippen LogP contribution in [0.1, 0.15) is 18.4 Å². The molecule has 2 unspecified atom stereocenters. The summed E-state index contributed by atoms with van der Waals surface area (Å²) in [5.41, 5.74) is 0.890. The van der Waals surface area contributed by atoms with Crippen LogP contribution in [0.5, 0.6) is 0 Å². The maximum atomic E-state index is 11.5. The number of hydrogen-bond donors (Lipinski definition) is 1. The van der Waals surface area contributed by atoms with Gasteiger partial charge < -0.3 is 10.0 Å². The van der Waals surface area contributed by atoms with Gasteiger partial charge in [0, 0.05) is 32.2 Å². The number of carbonyl (C=O) groups is 1. The molecule has 0 aliphatic carbocycles. The van der Waals surface area contributed by atoms with Crippen molar-refractivity contribution in [3.63, 3.8) is 0 Å². The standard InChI is InChI=1S/C15H22N2O2/c1-12-10-17(9-8-16(12)2)11-14(15(18)19)13-6-4-3-5-7-13/h3-7,12,14H,8-11H2,1-2H3,(H,18,19). The van der Waals surface area contributed by atoms with Crippen LogP contribution in [0.3, 0.4) is 0 Å². The summed E-state index contributed by atoms with van der Waals surface area (Å²) < 4.78 is 0.